The zero-order valence-electron chi connectivity index (χ0n) is 13.2. The Balaban J connectivity index is 2.44. The number of ether oxygens (including phenoxy) is 2. The van der Waals surface area contributed by atoms with Crippen molar-refractivity contribution < 1.29 is 9.47 Å². The Labute approximate surface area is 134 Å². The Kier molecular flexibility index (Phi) is 10.5. The fourth-order valence-electron chi connectivity index (χ4n) is 2.35. The van der Waals surface area contributed by atoms with Crippen molar-refractivity contribution in [1.29, 1.82) is 0 Å². The zero-order valence-corrected chi connectivity index (χ0v) is 14.0. The van der Waals surface area contributed by atoms with Gasteiger partial charge in [-0.25, -0.2) is 0 Å². The predicted octanol–water partition coefficient (Wildman–Crippen LogP) is 3.55. The molecule has 0 fully saturated rings. The van der Waals surface area contributed by atoms with Crippen LogP contribution in [0.15, 0.2) is 24.3 Å². The van der Waals surface area contributed by atoms with E-state index in [1.165, 1.54) is 5.56 Å². The van der Waals surface area contributed by atoms with Crippen LogP contribution in [0.25, 0.3) is 0 Å². The molecule has 0 bridgehead atoms. The van der Waals surface area contributed by atoms with Gasteiger partial charge in [-0.15, -0.1) is 0 Å². The molecule has 3 nitrogen and oxygen atoms in total. The predicted molar refractivity (Wildman–Crippen MR) is 89.1 cm³/mol. The van der Waals surface area contributed by atoms with Crippen molar-refractivity contribution in [3.8, 4) is 0 Å². The van der Waals surface area contributed by atoms with Crippen molar-refractivity contribution >= 4 is 11.6 Å². The van der Waals surface area contributed by atoms with Crippen molar-refractivity contribution in [2.75, 3.05) is 40.0 Å². The Hall–Kier alpha value is -0.610. The molecule has 120 valence electrons. The molecule has 1 aromatic carbocycles. The van der Waals surface area contributed by atoms with Crippen LogP contribution in [0.2, 0.25) is 5.02 Å². The third-order valence-corrected chi connectivity index (χ3v) is 3.86. The first-order chi connectivity index (χ1) is 10.3. The maximum absolute atomic E-state index is 6.27. The molecule has 0 heterocycles. The summed E-state index contributed by atoms with van der Waals surface area (Å²) in [6.45, 7) is 6.29. The van der Waals surface area contributed by atoms with Crippen LogP contribution in [0.4, 0.5) is 0 Å². The van der Waals surface area contributed by atoms with Gasteiger partial charge in [0.1, 0.15) is 0 Å². The van der Waals surface area contributed by atoms with Gasteiger partial charge in [0, 0.05) is 31.9 Å². The molecule has 1 unspecified atom stereocenters. The summed E-state index contributed by atoms with van der Waals surface area (Å²) in [5, 5.41) is 4.32. The van der Waals surface area contributed by atoms with E-state index in [-0.39, 0.29) is 0 Å². The lowest BCUT2D eigenvalue weighted by Gasteiger charge is -2.18. The molecule has 0 amide bonds. The molecule has 1 aromatic rings. The highest BCUT2D eigenvalue weighted by Crippen LogP contribution is 2.21. The first-order valence-corrected chi connectivity index (χ1v) is 8.16. The minimum Gasteiger partial charge on any atom is -0.383 e. The number of hydrogen-bond donors (Lipinski definition) is 1. The van der Waals surface area contributed by atoms with E-state index in [9.17, 15) is 0 Å². The maximum atomic E-state index is 6.27. The zero-order chi connectivity index (χ0) is 15.3. The van der Waals surface area contributed by atoms with Crippen LogP contribution < -0.4 is 5.32 Å². The molecule has 1 atom stereocenters. The van der Waals surface area contributed by atoms with E-state index in [0.717, 1.165) is 57.2 Å². The van der Waals surface area contributed by atoms with Gasteiger partial charge in [-0.1, -0.05) is 29.8 Å². The molecule has 4 heteroatoms. The van der Waals surface area contributed by atoms with Crippen molar-refractivity contribution in [3.05, 3.63) is 34.9 Å². The summed E-state index contributed by atoms with van der Waals surface area (Å²) in [7, 11) is 1.73. The number of benzene rings is 1. The molecule has 1 rings (SSSR count). The lowest BCUT2D eigenvalue weighted by molar-refractivity contribution is 0.139. The second-order valence-corrected chi connectivity index (χ2v) is 5.60. The lowest BCUT2D eigenvalue weighted by Crippen LogP contribution is -2.27. The van der Waals surface area contributed by atoms with E-state index < -0.39 is 0 Å². The van der Waals surface area contributed by atoms with Gasteiger partial charge in [0.2, 0.25) is 0 Å². The topological polar surface area (TPSA) is 30.5 Å². The molecule has 0 saturated carbocycles. The molecular formula is C17H28ClNO2. The number of rotatable bonds is 12. The van der Waals surface area contributed by atoms with Crippen LogP contribution in [-0.2, 0) is 15.9 Å². The Morgan fingerprint density at radius 2 is 2.05 bits per heavy atom. The number of methoxy groups -OCH3 is 1. The molecule has 0 aromatic heterocycles. The summed E-state index contributed by atoms with van der Waals surface area (Å²) in [4.78, 5) is 0. The van der Waals surface area contributed by atoms with Gasteiger partial charge in [-0.3, -0.25) is 0 Å². The monoisotopic (exact) mass is 313 g/mol. The lowest BCUT2D eigenvalue weighted by atomic mass is 9.94. The largest absolute Gasteiger partial charge is 0.383 e. The third kappa shape index (κ3) is 8.42. The van der Waals surface area contributed by atoms with Crippen molar-refractivity contribution in [2.24, 2.45) is 5.92 Å². The molecule has 0 aliphatic heterocycles. The fourth-order valence-corrected chi connectivity index (χ4v) is 2.56. The second-order valence-electron chi connectivity index (χ2n) is 5.20. The highest BCUT2D eigenvalue weighted by atomic mass is 35.5. The van der Waals surface area contributed by atoms with E-state index in [1.54, 1.807) is 7.11 Å². The first kappa shape index (κ1) is 18.4. The van der Waals surface area contributed by atoms with Gasteiger partial charge in [0.25, 0.3) is 0 Å². The van der Waals surface area contributed by atoms with Crippen molar-refractivity contribution in [2.45, 2.75) is 26.2 Å². The minimum absolute atomic E-state index is 0.571. The molecular weight excluding hydrogens is 286 g/mol. The number of halogens is 1. The Morgan fingerprint density at radius 3 is 2.76 bits per heavy atom. The van der Waals surface area contributed by atoms with Gasteiger partial charge in [-0.2, -0.15) is 0 Å². The van der Waals surface area contributed by atoms with E-state index in [2.05, 4.69) is 17.4 Å². The quantitative estimate of drug-likeness (QED) is 0.599. The molecule has 1 N–H and O–H groups in total. The van der Waals surface area contributed by atoms with E-state index in [4.69, 9.17) is 21.1 Å². The van der Waals surface area contributed by atoms with E-state index in [0.29, 0.717) is 5.92 Å². The highest BCUT2D eigenvalue weighted by molar-refractivity contribution is 6.31. The summed E-state index contributed by atoms with van der Waals surface area (Å²) in [5.74, 6) is 0.571. The summed E-state index contributed by atoms with van der Waals surface area (Å²) < 4.78 is 10.5. The van der Waals surface area contributed by atoms with Gasteiger partial charge in [-0.05, 0) is 50.3 Å². The molecule has 21 heavy (non-hydrogen) atoms. The Bertz CT molecular complexity index is 362. The van der Waals surface area contributed by atoms with Gasteiger partial charge in [0.15, 0.2) is 0 Å². The van der Waals surface area contributed by atoms with E-state index >= 15 is 0 Å². The van der Waals surface area contributed by atoms with Crippen molar-refractivity contribution in [3.63, 3.8) is 0 Å². The maximum Gasteiger partial charge on any atom is 0.0587 e. The average Bonchev–Trinajstić information content (AvgIpc) is 2.50. The van der Waals surface area contributed by atoms with Gasteiger partial charge >= 0.3 is 0 Å². The van der Waals surface area contributed by atoms with Crippen LogP contribution in [0.1, 0.15) is 25.3 Å². The fraction of sp³-hybridized carbons (Fsp3) is 0.647. The Morgan fingerprint density at radius 1 is 1.24 bits per heavy atom. The van der Waals surface area contributed by atoms with E-state index in [1.807, 2.05) is 19.1 Å². The van der Waals surface area contributed by atoms with Crippen LogP contribution in [0, 0.1) is 5.92 Å². The summed E-state index contributed by atoms with van der Waals surface area (Å²) in [6, 6.07) is 8.11. The summed E-state index contributed by atoms with van der Waals surface area (Å²) in [6.07, 6.45) is 3.24. The van der Waals surface area contributed by atoms with Crippen LogP contribution in [-0.4, -0.2) is 40.0 Å². The highest BCUT2D eigenvalue weighted by Gasteiger charge is 2.11. The second kappa shape index (κ2) is 12.0. The van der Waals surface area contributed by atoms with Crippen LogP contribution in [0.3, 0.4) is 0 Å². The summed E-state index contributed by atoms with van der Waals surface area (Å²) in [5.41, 5.74) is 1.23. The normalized spacial score (nSPS) is 12.5. The van der Waals surface area contributed by atoms with Crippen molar-refractivity contribution in [1.82, 2.24) is 5.32 Å². The first-order valence-electron chi connectivity index (χ1n) is 7.78. The van der Waals surface area contributed by atoms with Crippen LogP contribution >= 0.6 is 11.6 Å². The standard InChI is InChI=1S/C17H28ClNO2/c1-3-21-11-6-7-15(14-19-10-12-20-2)13-16-8-4-5-9-17(16)18/h4-5,8-9,15,19H,3,6-7,10-14H2,1-2H3. The minimum atomic E-state index is 0.571. The molecule has 0 aliphatic rings. The SMILES string of the molecule is CCOCCCC(CNCCOC)Cc1ccccc1Cl. The average molecular weight is 314 g/mol. The number of nitrogens with one attached hydrogen (secondary N) is 1. The number of hydrogen-bond acceptors (Lipinski definition) is 3. The molecule has 0 aliphatic carbocycles. The summed E-state index contributed by atoms with van der Waals surface area (Å²) >= 11 is 6.27. The third-order valence-electron chi connectivity index (χ3n) is 3.49. The smallest absolute Gasteiger partial charge is 0.0587 e. The van der Waals surface area contributed by atoms with Gasteiger partial charge < -0.3 is 14.8 Å². The molecule has 0 spiro atoms. The molecule has 0 radical (unpaired) electrons. The molecule has 0 saturated heterocycles. The van der Waals surface area contributed by atoms with Crippen LogP contribution in [0.5, 0.6) is 0 Å². The van der Waals surface area contributed by atoms with Gasteiger partial charge in [0.05, 0.1) is 6.61 Å².